The molecular formula is C7H4ClN. The molecule has 9 heavy (non-hydrogen) atoms. The van der Waals surface area contributed by atoms with E-state index >= 15 is 0 Å². The van der Waals surface area contributed by atoms with Crippen molar-refractivity contribution in [1.82, 2.24) is 4.98 Å². The highest BCUT2D eigenvalue weighted by molar-refractivity contribution is 6.30. The number of halogens is 1. The lowest BCUT2D eigenvalue weighted by Gasteiger charge is -1.82. The molecule has 0 bridgehead atoms. The standard InChI is InChI=1S/C7H4ClN/c8-5-4-7-3-1-2-6-9-7/h1-3,6H. The molecule has 0 spiro atoms. The second kappa shape index (κ2) is 3.11. The van der Waals surface area contributed by atoms with Crippen LogP contribution < -0.4 is 0 Å². The molecule has 1 aromatic rings. The zero-order chi connectivity index (χ0) is 6.53. The Morgan fingerprint density at radius 3 is 2.89 bits per heavy atom. The van der Waals surface area contributed by atoms with Crippen molar-refractivity contribution in [3.8, 4) is 11.3 Å². The first-order valence-corrected chi connectivity index (χ1v) is 2.84. The van der Waals surface area contributed by atoms with Gasteiger partial charge in [0.1, 0.15) is 5.69 Å². The second-order valence-electron chi connectivity index (χ2n) is 1.43. The third kappa shape index (κ3) is 1.75. The van der Waals surface area contributed by atoms with Gasteiger partial charge < -0.3 is 0 Å². The first-order valence-electron chi connectivity index (χ1n) is 2.46. The van der Waals surface area contributed by atoms with E-state index in [4.69, 9.17) is 11.6 Å². The monoisotopic (exact) mass is 137 g/mol. The summed E-state index contributed by atoms with van der Waals surface area (Å²) in [7, 11) is 0. The lowest BCUT2D eigenvalue weighted by molar-refractivity contribution is 1.29. The van der Waals surface area contributed by atoms with E-state index in [1.165, 1.54) is 0 Å². The predicted octanol–water partition coefficient (Wildman–Crippen LogP) is 1.63. The summed E-state index contributed by atoms with van der Waals surface area (Å²) >= 11 is 5.13. The number of rotatable bonds is 0. The van der Waals surface area contributed by atoms with Crippen molar-refractivity contribution < 1.29 is 0 Å². The van der Waals surface area contributed by atoms with Crippen LogP contribution >= 0.6 is 11.6 Å². The molecule has 0 radical (unpaired) electrons. The number of hydrogen-bond acceptors (Lipinski definition) is 1. The molecule has 0 unspecified atom stereocenters. The largest absolute Gasteiger partial charge is 0.248 e. The Bertz CT molecular complexity index is 232. The number of hydrogen-bond donors (Lipinski definition) is 0. The normalized spacial score (nSPS) is 7.67. The Hall–Kier alpha value is -1.00. The van der Waals surface area contributed by atoms with Crippen LogP contribution in [0.5, 0.6) is 0 Å². The maximum absolute atomic E-state index is 5.13. The molecule has 0 saturated heterocycles. The van der Waals surface area contributed by atoms with E-state index in [9.17, 15) is 0 Å². The van der Waals surface area contributed by atoms with Crippen LogP contribution in [-0.2, 0) is 0 Å². The maximum Gasteiger partial charge on any atom is 0.114 e. The van der Waals surface area contributed by atoms with Crippen molar-refractivity contribution in [3.63, 3.8) is 0 Å². The molecule has 0 aromatic carbocycles. The molecule has 2 heteroatoms. The molecule has 0 atom stereocenters. The summed E-state index contributed by atoms with van der Waals surface area (Å²) < 4.78 is 0. The molecule has 0 aliphatic rings. The topological polar surface area (TPSA) is 12.9 Å². The van der Waals surface area contributed by atoms with Gasteiger partial charge in [-0.1, -0.05) is 6.07 Å². The quantitative estimate of drug-likeness (QED) is 0.496. The van der Waals surface area contributed by atoms with Crippen molar-refractivity contribution in [2.45, 2.75) is 0 Å². The van der Waals surface area contributed by atoms with Gasteiger partial charge in [0.2, 0.25) is 0 Å². The van der Waals surface area contributed by atoms with Gasteiger partial charge in [0.25, 0.3) is 0 Å². The van der Waals surface area contributed by atoms with E-state index in [0.717, 1.165) is 0 Å². The smallest absolute Gasteiger partial charge is 0.114 e. The highest BCUT2D eigenvalue weighted by atomic mass is 35.5. The molecule has 0 N–H and O–H groups in total. The van der Waals surface area contributed by atoms with Crippen LogP contribution in [0.4, 0.5) is 0 Å². The Labute approximate surface area is 58.7 Å². The summed E-state index contributed by atoms with van der Waals surface area (Å²) in [5, 5.41) is 2.24. The van der Waals surface area contributed by atoms with Gasteiger partial charge in [-0.2, -0.15) is 0 Å². The van der Waals surface area contributed by atoms with Gasteiger partial charge in [-0.3, -0.25) is 0 Å². The van der Waals surface area contributed by atoms with E-state index in [-0.39, 0.29) is 0 Å². The van der Waals surface area contributed by atoms with E-state index < -0.39 is 0 Å². The van der Waals surface area contributed by atoms with E-state index in [0.29, 0.717) is 5.69 Å². The minimum Gasteiger partial charge on any atom is -0.248 e. The van der Waals surface area contributed by atoms with Gasteiger partial charge in [-0.15, -0.1) is 0 Å². The fourth-order valence-corrected chi connectivity index (χ4v) is 0.582. The lowest BCUT2D eigenvalue weighted by Crippen LogP contribution is -1.76. The van der Waals surface area contributed by atoms with Crippen LogP contribution in [-0.4, -0.2) is 4.98 Å². The molecular weight excluding hydrogens is 134 g/mol. The Morgan fingerprint density at radius 1 is 1.44 bits per heavy atom. The van der Waals surface area contributed by atoms with Crippen LogP contribution in [0.15, 0.2) is 24.4 Å². The van der Waals surface area contributed by atoms with Crippen molar-refractivity contribution in [2.24, 2.45) is 0 Å². The van der Waals surface area contributed by atoms with Crippen molar-refractivity contribution in [3.05, 3.63) is 30.1 Å². The van der Waals surface area contributed by atoms with Gasteiger partial charge >= 0.3 is 0 Å². The number of nitrogens with zero attached hydrogens (tertiary/aromatic N) is 1. The van der Waals surface area contributed by atoms with E-state index in [1.807, 2.05) is 12.1 Å². The first kappa shape index (κ1) is 6.12. The SMILES string of the molecule is ClC#Cc1ccccn1. The average Bonchev–Trinajstić information content (AvgIpc) is 1.91. The van der Waals surface area contributed by atoms with Gasteiger partial charge in [-0.05, 0) is 29.7 Å². The third-order valence-electron chi connectivity index (χ3n) is 0.840. The molecule has 1 nitrogen and oxygen atoms in total. The van der Waals surface area contributed by atoms with Crippen molar-refractivity contribution in [1.29, 1.82) is 0 Å². The summed E-state index contributed by atoms with van der Waals surface area (Å²) in [6.45, 7) is 0. The Balaban J connectivity index is 2.94. The van der Waals surface area contributed by atoms with Gasteiger partial charge in [-0.25, -0.2) is 4.98 Å². The molecule has 1 aromatic heterocycles. The molecule has 0 fully saturated rings. The number of aromatic nitrogens is 1. The zero-order valence-corrected chi connectivity index (χ0v) is 5.39. The van der Waals surface area contributed by atoms with Crippen LogP contribution in [0.1, 0.15) is 5.69 Å². The summed E-state index contributed by atoms with van der Waals surface area (Å²) in [6, 6.07) is 5.50. The highest BCUT2D eigenvalue weighted by Gasteiger charge is 1.79. The second-order valence-corrected chi connectivity index (χ2v) is 1.62. The average molecular weight is 138 g/mol. The zero-order valence-electron chi connectivity index (χ0n) is 4.63. The van der Waals surface area contributed by atoms with Crippen LogP contribution in [0.25, 0.3) is 0 Å². The molecule has 0 saturated carbocycles. The highest BCUT2D eigenvalue weighted by Crippen LogP contribution is 1.88. The van der Waals surface area contributed by atoms with Crippen molar-refractivity contribution >= 4 is 11.6 Å². The Kier molecular flexibility index (Phi) is 2.12. The fourth-order valence-electron chi connectivity index (χ4n) is 0.485. The van der Waals surface area contributed by atoms with Crippen LogP contribution in [0, 0.1) is 11.3 Å². The maximum atomic E-state index is 5.13. The molecule has 0 amide bonds. The Morgan fingerprint density at radius 2 is 2.33 bits per heavy atom. The van der Waals surface area contributed by atoms with E-state index in [1.54, 1.807) is 12.3 Å². The van der Waals surface area contributed by atoms with Gasteiger partial charge in [0.15, 0.2) is 0 Å². The molecule has 0 aliphatic heterocycles. The molecule has 1 heterocycles. The first-order chi connectivity index (χ1) is 4.43. The fraction of sp³-hybridized carbons (Fsp3) is 0. The van der Waals surface area contributed by atoms with Crippen LogP contribution in [0.2, 0.25) is 0 Å². The minimum absolute atomic E-state index is 0.701. The minimum atomic E-state index is 0.701. The number of pyridine rings is 1. The van der Waals surface area contributed by atoms with Crippen LogP contribution in [0.3, 0.4) is 0 Å². The molecule has 44 valence electrons. The summed E-state index contributed by atoms with van der Waals surface area (Å²) in [5.74, 6) is 2.61. The summed E-state index contributed by atoms with van der Waals surface area (Å²) in [6.07, 6.45) is 1.68. The third-order valence-corrected chi connectivity index (χ3v) is 0.935. The predicted molar refractivity (Wildman–Crippen MR) is 37.0 cm³/mol. The van der Waals surface area contributed by atoms with Gasteiger partial charge in [0, 0.05) is 11.6 Å². The lowest BCUT2D eigenvalue weighted by atomic mass is 10.4. The summed E-state index contributed by atoms with van der Waals surface area (Å²) in [5.41, 5.74) is 0.701. The summed E-state index contributed by atoms with van der Waals surface area (Å²) in [4.78, 5) is 3.91. The molecule has 1 rings (SSSR count). The van der Waals surface area contributed by atoms with Gasteiger partial charge in [0.05, 0.1) is 0 Å². The molecule has 0 aliphatic carbocycles. The van der Waals surface area contributed by atoms with Crippen molar-refractivity contribution in [2.75, 3.05) is 0 Å². The van der Waals surface area contributed by atoms with E-state index in [2.05, 4.69) is 16.3 Å².